The Balaban J connectivity index is 1.68. The number of nitrogens with zero attached hydrogens (tertiary/aromatic N) is 2. The molecular formula is C25H26N2O4S. The molecule has 0 spiro atoms. The van der Waals surface area contributed by atoms with Gasteiger partial charge in [0.25, 0.3) is 5.91 Å². The van der Waals surface area contributed by atoms with E-state index >= 15 is 0 Å². The van der Waals surface area contributed by atoms with Gasteiger partial charge in [0.05, 0.1) is 30.2 Å². The smallest absolute Gasteiger partial charge is 0.325 e. The SMILES string of the molecule is COC(=O)CN(Cc1ccccc1)C(=O)c1cc(-c2ccccc2)c(N2CCOCC2)s1. The van der Waals surface area contributed by atoms with E-state index in [0.29, 0.717) is 24.6 Å². The molecule has 1 saturated heterocycles. The summed E-state index contributed by atoms with van der Waals surface area (Å²) in [5.74, 6) is -0.622. The van der Waals surface area contributed by atoms with E-state index in [1.165, 1.54) is 18.4 Å². The molecule has 0 N–H and O–H groups in total. The lowest BCUT2D eigenvalue weighted by atomic mass is 10.1. The highest BCUT2D eigenvalue weighted by Gasteiger charge is 2.26. The number of hydrogen-bond donors (Lipinski definition) is 0. The van der Waals surface area contributed by atoms with Crippen molar-refractivity contribution in [1.82, 2.24) is 4.90 Å². The third-order valence-corrected chi connectivity index (χ3v) is 6.54. The first kappa shape index (κ1) is 22.0. The molecule has 0 aliphatic carbocycles. The summed E-state index contributed by atoms with van der Waals surface area (Å²) < 4.78 is 10.4. The van der Waals surface area contributed by atoms with Crippen LogP contribution in [0.5, 0.6) is 0 Å². The summed E-state index contributed by atoms with van der Waals surface area (Å²) in [5, 5.41) is 1.06. The predicted molar refractivity (Wildman–Crippen MR) is 126 cm³/mol. The zero-order valence-electron chi connectivity index (χ0n) is 18.0. The number of rotatable bonds is 7. The van der Waals surface area contributed by atoms with Crippen molar-refractivity contribution in [1.29, 1.82) is 0 Å². The molecule has 7 heteroatoms. The molecule has 4 rings (SSSR count). The standard InChI is InChI=1S/C25H26N2O4S/c1-30-23(28)18-27(17-19-8-4-2-5-9-19)24(29)22-16-21(20-10-6-3-7-11-20)25(32-22)26-12-14-31-15-13-26/h2-11,16H,12-15,17-18H2,1H3. The minimum absolute atomic E-state index is 0.102. The first-order chi connectivity index (χ1) is 15.7. The first-order valence-electron chi connectivity index (χ1n) is 10.6. The van der Waals surface area contributed by atoms with Crippen molar-refractivity contribution in [2.45, 2.75) is 6.54 Å². The van der Waals surface area contributed by atoms with Gasteiger partial charge < -0.3 is 19.3 Å². The number of esters is 1. The lowest BCUT2D eigenvalue weighted by Crippen LogP contribution is -2.36. The molecule has 1 aliphatic rings. The molecule has 32 heavy (non-hydrogen) atoms. The minimum atomic E-state index is -0.442. The van der Waals surface area contributed by atoms with Gasteiger partial charge in [-0.05, 0) is 17.2 Å². The third kappa shape index (κ3) is 5.18. The van der Waals surface area contributed by atoms with Crippen molar-refractivity contribution in [3.8, 4) is 11.1 Å². The van der Waals surface area contributed by atoms with Gasteiger partial charge in [-0.1, -0.05) is 60.7 Å². The van der Waals surface area contributed by atoms with E-state index in [4.69, 9.17) is 9.47 Å². The second-order valence-corrected chi connectivity index (χ2v) is 8.55. The normalized spacial score (nSPS) is 13.6. The van der Waals surface area contributed by atoms with E-state index in [9.17, 15) is 9.59 Å². The van der Waals surface area contributed by atoms with E-state index < -0.39 is 5.97 Å². The lowest BCUT2D eigenvalue weighted by Gasteiger charge is -2.28. The fourth-order valence-electron chi connectivity index (χ4n) is 3.69. The van der Waals surface area contributed by atoms with E-state index in [0.717, 1.165) is 34.8 Å². The maximum Gasteiger partial charge on any atom is 0.325 e. The summed E-state index contributed by atoms with van der Waals surface area (Å²) in [4.78, 5) is 30.0. The molecule has 2 heterocycles. The third-order valence-electron chi connectivity index (χ3n) is 5.36. The van der Waals surface area contributed by atoms with E-state index in [1.54, 1.807) is 4.90 Å². The highest BCUT2D eigenvalue weighted by atomic mass is 32.1. The zero-order chi connectivity index (χ0) is 22.3. The van der Waals surface area contributed by atoms with E-state index in [1.807, 2.05) is 54.6 Å². The van der Waals surface area contributed by atoms with Gasteiger partial charge in [0.2, 0.25) is 0 Å². The number of benzene rings is 2. The number of anilines is 1. The van der Waals surface area contributed by atoms with Crippen molar-refractivity contribution in [3.05, 3.63) is 77.2 Å². The maximum absolute atomic E-state index is 13.6. The quantitative estimate of drug-likeness (QED) is 0.508. The first-order valence-corrected chi connectivity index (χ1v) is 11.4. The Morgan fingerprint density at radius 2 is 1.69 bits per heavy atom. The molecule has 1 fully saturated rings. The Bertz CT molecular complexity index is 1050. The summed E-state index contributed by atoms with van der Waals surface area (Å²) in [7, 11) is 1.34. The van der Waals surface area contributed by atoms with E-state index in [-0.39, 0.29) is 12.5 Å². The van der Waals surface area contributed by atoms with Crippen LogP contribution in [0.15, 0.2) is 66.7 Å². The number of carbonyl (C=O) groups excluding carboxylic acids is 2. The summed E-state index contributed by atoms with van der Waals surface area (Å²) >= 11 is 1.47. The number of morpholine rings is 1. The molecular weight excluding hydrogens is 424 g/mol. The highest BCUT2D eigenvalue weighted by Crippen LogP contribution is 2.40. The average molecular weight is 451 g/mol. The molecule has 1 aliphatic heterocycles. The number of hydrogen-bond acceptors (Lipinski definition) is 6. The maximum atomic E-state index is 13.6. The molecule has 0 bridgehead atoms. The molecule has 0 unspecified atom stereocenters. The van der Waals surface area contributed by atoms with Gasteiger partial charge >= 0.3 is 5.97 Å². The molecule has 166 valence electrons. The molecule has 3 aromatic rings. The molecule has 1 amide bonds. The number of ether oxygens (including phenoxy) is 2. The number of carbonyl (C=O) groups is 2. The van der Waals surface area contributed by atoms with E-state index in [2.05, 4.69) is 17.0 Å². The second kappa shape index (κ2) is 10.4. The molecule has 0 saturated carbocycles. The zero-order valence-corrected chi connectivity index (χ0v) is 18.8. The Labute approximate surface area is 192 Å². The Morgan fingerprint density at radius 3 is 2.34 bits per heavy atom. The van der Waals surface area contributed by atoms with Crippen LogP contribution < -0.4 is 4.90 Å². The van der Waals surface area contributed by atoms with Gasteiger partial charge in [-0.3, -0.25) is 9.59 Å². The lowest BCUT2D eigenvalue weighted by molar-refractivity contribution is -0.141. The summed E-state index contributed by atoms with van der Waals surface area (Å²) in [6, 6.07) is 21.7. The summed E-state index contributed by atoms with van der Waals surface area (Å²) in [6.45, 7) is 3.12. The van der Waals surface area contributed by atoms with Gasteiger partial charge in [-0.25, -0.2) is 0 Å². The molecule has 1 aromatic heterocycles. The molecule has 6 nitrogen and oxygen atoms in total. The topological polar surface area (TPSA) is 59.1 Å². The van der Waals surface area contributed by atoms with Crippen LogP contribution in [-0.4, -0.2) is 56.7 Å². The Hall–Kier alpha value is -3.16. The van der Waals surface area contributed by atoms with Gasteiger partial charge in [-0.15, -0.1) is 11.3 Å². The van der Waals surface area contributed by atoms with Crippen molar-refractivity contribution in [3.63, 3.8) is 0 Å². The Kier molecular flexibility index (Phi) is 7.19. The van der Waals surface area contributed by atoms with Gasteiger partial charge in [0, 0.05) is 25.2 Å². The fourth-order valence-corrected chi connectivity index (χ4v) is 4.89. The van der Waals surface area contributed by atoms with Gasteiger partial charge in [-0.2, -0.15) is 0 Å². The van der Waals surface area contributed by atoms with Crippen LogP contribution >= 0.6 is 11.3 Å². The van der Waals surface area contributed by atoms with Crippen molar-refractivity contribution in [2.24, 2.45) is 0 Å². The molecule has 0 radical (unpaired) electrons. The van der Waals surface area contributed by atoms with Crippen molar-refractivity contribution >= 4 is 28.2 Å². The van der Waals surface area contributed by atoms with Crippen LogP contribution in [0.3, 0.4) is 0 Å². The van der Waals surface area contributed by atoms with Crippen molar-refractivity contribution < 1.29 is 19.1 Å². The summed E-state index contributed by atoms with van der Waals surface area (Å²) in [5.41, 5.74) is 3.04. The number of methoxy groups -OCH3 is 1. The van der Waals surface area contributed by atoms with Crippen LogP contribution in [-0.2, 0) is 20.8 Å². The minimum Gasteiger partial charge on any atom is -0.468 e. The molecule has 2 aromatic carbocycles. The van der Waals surface area contributed by atoms with Gasteiger partial charge in [0.1, 0.15) is 6.54 Å². The molecule has 0 atom stereocenters. The van der Waals surface area contributed by atoms with Crippen molar-refractivity contribution in [2.75, 3.05) is 44.9 Å². The fraction of sp³-hybridized carbons (Fsp3) is 0.280. The highest BCUT2D eigenvalue weighted by molar-refractivity contribution is 7.18. The van der Waals surface area contributed by atoms with Crippen LogP contribution in [0.25, 0.3) is 11.1 Å². The van der Waals surface area contributed by atoms with Crippen LogP contribution in [0.1, 0.15) is 15.2 Å². The second-order valence-electron chi connectivity index (χ2n) is 7.52. The number of thiophene rings is 1. The monoisotopic (exact) mass is 450 g/mol. The summed E-state index contributed by atoms with van der Waals surface area (Å²) in [6.07, 6.45) is 0. The average Bonchev–Trinajstić information content (AvgIpc) is 3.30. The Morgan fingerprint density at radius 1 is 1.03 bits per heavy atom. The van der Waals surface area contributed by atoms with Gasteiger partial charge in [0.15, 0.2) is 0 Å². The predicted octanol–water partition coefficient (Wildman–Crippen LogP) is 4.07. The number of amides is 1. The van der Waals surface area contributed by atoms with Crippen LogP contribution in [0.2, 0.25) is 0 Å². The van der Waals surface area contributed by atoms with Crippen LogP contribution in [0, 0.1) is 0 Å². The largest absolute Gasteiger partial charge is 0.468 e. The van der Waals surface area contributed by atoms with Crippen LogP contribution in [0.4, 0.5) is 5.00 Å².